The van der Waals surface area contributed by atoms with Gasteiger partial charge in [0, 0.05) is 97.3 Å². The van der Waals surface area contributed by atoms with Crippen molar-refractivity contribution in [3.8, 4) is 11.3 Å². The van der Waals surface area contributed by atoms with E-state index in [9.17, 15) is 44.1 Å². The molecule has 0 radical (unpaired) electrons. The monoisotopic (exact) mass is 1810 g/mol. The number of aliphatic hydroxyl groups excluding tert-OH is 3. The molecule has 0 unspecified atom stereocenters. The Balaban J connectivity index is 0.000000329. The molecule has 3 aromatic heterocycles. The third-order valence-corrected chi connectivity index (χ3v) is 24.8. The van der Waals surface area contributed by atoms with Crippen LogP contribution < -0.4 is 11.5 Å². The van der Waals surface area contributed by atoms with Crippen molar-refractivity contribution in [3.63, 3.8) is 0 Å². The molecule has 0 spiro atoms. The number of ketones is 2. The quantitative estimate of drug-likeness (QED) is 0.00933. The maximum absolute atomic E-state index is 14.7. The summed E-state index contributed by atoms with van der Waals surface area (Å²) >= 11 is 0. The minimum absolute atomic E-state index is 0.00652. The van der Waals surface area contributed by atoms with Gasteiger partial charge in [-0.05, 0) is 155 Å². The zero-order chi connectivity index (χ0) is 92.9. The predicted octanol–water partition coefficient (Wildman–Crippen LogP) is 9.18. The molecule has 2 bridgehead atoms. The molecule has 34 heteroatoms. The topological polar surface area (TPSA) is 441 Å². The largest absolute Gasteiger partial charge is 0.460 e. The number of Topliss-reactive ketones (excluding diaryl/α,β-unsaturated/α-hetero) is 2. The van der Waals surface area contributed by atoms with E-state index >= 15 is 0 Å². The zero-order valence-electron chi connectivity index (χ0n) is 77.3. The van der Waals surface area contributed by atoms with Crippen LogP contribution in [-0.4, -0.2) is 298 Å². The standard InChI is InChI=1S/C62H101NO18.C33H40N8O7/c1-40-18-13-12-14-19-41(2)52(73-9)38-48-24-22-46(7)62(71,81-48)59(68)60(69)63-26-16-15-20-49(63)61(70)80-53(39-50(64)42(3)35-45(6)57(67)58(75-11)56(66)44(5)34-40)43(4)36-47-23-25-51(54(37-47)74-10)79-55(65)21-17-27-76-30-31-78-33-32-77-29-28-72-8;34-31-29-30(24-3-4-27-26(18-24)38-33(35)48-27)39-41(32(29)37-21-36-31)19-22-1-2-25-20-40(7-5-23(25)17-22)28(43)6-9-44-11-13-46-15-16-47-14-12-45-10-8-42/h12-14,18-19,35,40,42-44,46-54,57-58,64,67,71H,15-17,20-34,36-39H2,1-11H3;1-4,17-18,21,42H,5-16,19-20H2,(H2,35,38)(H2,34,36,37)/b14-12+,18-13+,41-19+,45-35+;/t40-,42-,43-,44-,46-,47+,48+,49+,50-,51-,52+,53+,54-,57-,58+,62-;/m1./s1. The van der Waals surface area contributed by atoms with Gasteiger partial charge >= 0.3 is 11.9 Å². The lowest BCUT2D eigenvalue weighted by molar-refractivity contribution is -0.265. The zero-order valence-corrected chi connectivity index (χ0v) is 77.3. The van der Waals surface area contributed by atoms with E-state index in [1.807, 2.05) is 79.8 Å². The van der Waals surface area contributed by atoms with E-state index in [0.29, 0.717) is 235 Å². The van der Waals surface area contributed by atoms with E-state index in [4.69, 9.17) is 92.4 Å². The van der Waals surface area contributed by atoms with E-state index < -0.39 is 90.0 Å². The number of nitrogens with two attached hydrogens (primary N) is 2. The van der Waals surface area contributed by atoms with Gasteiger partial charge in [0.25, 0.3) is 17.7 Å². The number of hydrogen-bond donors (Lipinski definition) is 6. The second-order valence-electron chi connectivity index (χ2n) is 34.5. The van der Waals surface area contributed by atoms with E-state index in [0.717, 1.165) is 28.7 Å². The Labute approximate surface area is 757 Å². The molecule has 716 valence electrons. The Hall–Kier alpha value is -8.40. The lowest BCUT2D eigenvalue weighted by Gasteiger charge is -2.43. The Morgan fingerprint density at radius 3 is 2.09 bits per heavy atom. The number of amides is 2. The first-order chi connectivity index (χ1) is 62.2. The van der Waals surface area contributed by atoms with Crippen molar-refractivity contribution < 1.29 is 120 Å². The molecule has 129 heavy (non-hydrogen) atoms. The predicted molar refractivity (Wildman–Crippen MR) is 480 cm³/mol. The van der Waals surface area contributed by atoms with E-state index in [-0.39, 0.29) is 79.9 Å². The highest BCUT2D eigenvalue weighted by molar-refractivity contribution is 6.39. The molecule has 4 aliphatic heterocycles. The molecular formula is C95H141N9O25. The number of ether oxygens (including phenoxy) is 14. The number of benzene rings is 2. The molecule has 5 aromatic rings. The number of esters is 2. The number of piperidine rings is 1. The number of oxazole rings is 1. The number of nitrogens with zero attached hydrogens (tertiary/aromatic N) is 7. The normalized spacial score (nSPS) is 27.2. The van der Waals surface area contributed by atoms with Crippen molar-refractivity contribution in [3.05, 3.63) is 107 Å². The average molecular weight is 1810 g/mol. The molecule has 16 atom stereocenters. The molecule has 8 N–H and O–H groups in total. The first-order valence-electron chi connectivity index (χ1n) is 45.7. The number of carbonyl (C=O) groups excluding carboxylic acids is 6. The molecule has 7 heterocycles. The van der Waals surface area contributed by atoms with Crippen LogP contribution in [0.4, 0.5) is 11.8 Å². The highest BCUT2D eigenvalue weighted by Gasteiger charge is 2.53. The highest BCUT2D eigenvalue weighted by Crippen LogP contribution is 2.40. The Morgan fingerprint density at radius 1 is 0.698 bits per heavy atom. The van der Waals surface area contributed by atoms with Crippen molar-refractivity contribution in [1.29, 1.82) is 0 Å². The smallest absolute Gasteiger partial charge is 0.329 e. The first kappa shape index (κ1) is 104. The number of aromatic nitrogens is 5. The van der Waals surface area contributed by atoms with Crippen LogP contribution in [-0.2, 0) is 115 Å². The third kappa shape index (κ3) is 31.4. The lowest BCUT2D eigenvalue weighted by atomic mass is 9.78. The number of aliphatic hydroxyl groups is 4. The van der Waals surface area contributed by atoms with Crippen molar-refractivity contribution in [2.45, 2.75) is 225 Å². The molecule has 2 saturated heterocycles. The number of cyclic esters (lactones) is 1. The van der Waals surface area contributed by atoms with Gasteiger partial charge in [-0.15, -0.1) is 0 Å². The van der Waals surface area contributed by atoms with Crippen molar-refractivity contribution >= 4 is 69.3 Å². The van der Waals surface area contributed by atoms with Crippen LogP contribution in [0, 0.1) is 35.5 Å². The Kier molecular flexibility index (Phi) is 43.6. The summed E-state index contributed by atoms with van der Waals surface area (Å²) in [7, 11) is 6.18. The summed E-state index contributed by atoms with van der Waals surface area (Å²) < 4.78 is 86.2. The second-order valence-corrected chi connectivity index (χ2v) is 34.5. The van der Waals surface area contributed by atoms with Gasteiger partial charge < -0.3 is 112 Å². The van der Waals surface area contributed by atoms with E-state index in [1.54, 1.807) is 54.2 Å². The fraction of sp³-hybridized carbons (Fsp3) is 0.663. The van der Waals surface area contributed by atoms with Crippen LogP contribution >= 0.6 is 0 Å². The summed E-state index contributed by atoms with van der Waals surface area (Å²) in [4.78, 5) is 99.3. The van der Waals surface area contributed by atoms with Crippen molar-refractivity contribution in [2.75, 3.05) is 159 Å². The van der Waals surface area contributed by atoms with Gasteiger partial charge in [-0.2, -0.15) is 10.1 Å². The lowest BCUT2D eigenvalue weighted by Crippen LogP contribution is -2.61. The number of carbonyl (C=O) groups is 6. The number of nitrogen functional groups attached to an aromatic ring is 2. The summed E-state index contributed by atoms with van der Waals surface area (Å²) in [6.45, 7) is 21.1. The third-order valence-electron chi connectivity index (χ3n) is 24.8. The number of rotatable bonds is 37. The van der Waals surface area contributed by atoms with Gasteiger partial charge in [0.15, 0.2) is 17.0 Å². The number of fused-ring (bicyclic) bond motifs is 6. The SMILES string of the molecule is COCCOCCOCCOCCCC(=O)O[C@@H]1CC[C@@H](C[C@@H](C)[C@@H]2C[C@@H](O)[C@H](C)/C=C(\C)[C@@H](O)[C@@H](OC)C(=O)[C@H](C)C[C@H](C)/C=C/C=C/C=C(\C)[C@@H](OC)C[C@@H]3CC[C@@H](C)[C@@](O)(O3)C(=O)C(=O)N3CCCC[C@H]3C(=O)O2)C[C@H]1OC.Nc1nc2cc(-c3nn(Cc4ccc5c(c4)CCN(C(=O)CCOCCOCCOCCOCCO)C5)c4ncnc(N)c34)ccc2o1. The highest BCUT2D eigenvalue weighted by atomic mass is 16.6. The molecular weight excluding hydrogens is 1670 g/mol. The van der Waals surface area contributed by atoms with Crippen LogP contribution in [0.1, 0.15) is 161 Å². The van der Waals surface area contributed by atoms with Gasteiger partial charge in [-0.1, -0.05) is 89.3 Å². The number of methoxy groups -OCH3 is 4. The maximum Gasteiger partial charge on any atom is 0.329 e. The molecule has 1 saturated carbocycles. The number of anilines is 2. The van der Waals surface area contributed by atoms with E-state index in [2.05, 4.69) is 33.2 Å². The second kappa shape index (κ2) is 53.9. The van der Waals surface area contributed by atoms with Crippen molar-refractivity contribution in [2.24, 2.45) is 35.5 Å². The summed E-state index contributed by atoms with van der Waals surface area (Å²) in [6, 6.07) is 10.8. The Bertz CT molecular complexity index is 4460. The van der Waals surface area contributed by atoms with Gasteiger partial charge in [0.2, 0.25) is 11.7 Å². The van der Waals surface area contributed by atoms with Crippen LogP contribution in [0.5, 0.6) is 0 Å². The summed E-state index contributed by atoms with van der Waals surface area (Å²) in [5, 5.41) is 49.9. The fourth-order valence-corrected chi connectivity index (χ4v) is 17.3. The molecule has 10 rings (SSSR count). The molecule has 2 aromatic carbocycles. The Morgan fingerprint density at radius 2 is 1.40 bits per heavy atom. The minimum atomic E-state index is -2.45. The van der Waals surface area contributed by atoms with Crippen LogP contribution in [0.2, 0.25) is 0 Å². The summed E-state index contributed by atoms with van der Waals surface area (Å²) in [5.74, 6) is -7.58. The number of allylic oxidation sites excluding steroid dienone is 5. The minimum Gasteiger partial charge on any atom is -0.460 e. The van der Waals surface area contributed by atoms with Crippen LogP contribution in [0.15, 0.2) is 94.7 Å². The summed E-state index contributed by atoms with van der Waals surface area (Å²) in [5.41, 5.74) is 20.1. The molecule has 34 nitrogen and oxygen atoms in total. The first-order valence-corrected chi connectivity index (χ1v) is 45.7. The van der Waals surface area contributed by atoms with Gasteiger partial charge in [-0.3, -0.25) is 24.0 Å². The maximum atomic E-state index is 14.7. The molecule has 1 aliphatic carbocycles. The average Bonchev–Trinajstić information content (AvgIpc) is 1.62. The van der Waals surface area contributed by atoms with Gasteiger partial charge in [0.05, 0.1) is 142 Å². The van der Waals surface area contributed by atoms with E-state index in [1.165, 1.54) is 23.9 Å². The molecule has 2 amide bonds. The van der Waals surface area contributed by atoms with Gasteiger partial charge in [-0.25, -0.2) is 19.4 Å². The van der Waals surface area contributed by atoms with Gasteiger partial charge in [0.1, 0.15) is 53.8 Å². The summed E-state index contributed by atoms with van der Waals surface area (Å²) in [6.07, 6.45) is 13.5. The van der Waals surface area contributed by atoms with Crippen molar-refractivity contribution in [1.82, 2.24) is 34.5 Å². The van der Waals surface area contributed by atoms with Crippen LogP contribution in [0.3, 0.4) is 0 Å². The molecule has 3 fully saturated rings. The number of hydrogen-bond acceptors (Lipinski definition) is 31. The molecule has 5 aliphatic rings. The van der Waals surface area contributed by atoms with Crippen LogP contribution in [0.25, 0.3) is 33.4 Å². The fourth-order valence-electron chi connectivity index (χ4n) is 17.3.